The lowest BCUT2D eigenvalue weighted by Crippen LogP contribution is -2.36. The number of hydrogen-bond acceptors (Lipinski definition) is 2. The maximum Gasteiger partial charge on any atom is 0.220 e. The van der Waals surface area contributed by atoms with Crippen molar-refractivity contribution in [1.29, 1.82) is 0 Å². The summed E-state index contributed by atoms with van der Waals surface area (Å²) in [7, 11) is 0. The van der Waals surface area contributed by atoms with Crippen molar-refractivity contribution < 1.29 is 9.53 Å². The van der Waals surface area contributed by atoms with Crippen molar-refractivity contribution in [2.45, 2.75) is 77.7 Å². The summed E-state index contributed by atoms with van der Waals surface area (Å²) in [6.07, 6.45) is 7.42. The molecular weight excluding hydrogens is 286 g/mol. The van der Waals surface area contributed by atoms with E-state index in [9.17, 15) is 4.79 Å². The molecule has 0 atom stereocenters. The minimum atomic E-state index is 0.173. The van der Waals surface area contributed by atoms with Crippen LogP contribution in [-0.2, 0) is 4.79 Å². The summed E-state index contributed by atoms with van der Waals surface area (Å²) in [5, 5.41) is 3.15. The highest BCUT2D eigenvalue weighted by Gasteiger charge is 2.15. The molecule has 0 heterocycles. The Morgan fingerprint density at radius 1 is 1.26 bits per heavy atom. The molecule has 3 nitrogen and oxygen atoms in total. The topological polar surface area (TPSA) is 38.3 Å². The van der Waals surface area contributed by atoms with Crippen molar-refractivity contribution in [3.05, 3.63) is 29.3 Å². The third kappa shape index (κ3) is 5.89. The fourth-order valence-corrected chi connectivity index (χ4v) is 3.36. The fourth-order valence-electron chi connectivity index (χ4n) is 3.36. The molecule has 0 aromatic heterocycles. The standard InChI is InChI=1S/C20H31NO2/c1-15(2)19-12-11-18(14-16(19)3)23-13-7-10-20(22)21-17-8-5-4-6-9-17/h11-12,14-15,17H,4-10,13H2,1-3H3,(H,21,22). The Labute approximate surface area is 140 Å². The average Bonchev–Trinajstić information content (AvgIpc) is 2.52. The largest absolute Gasteiger partial charge is 0.494 e. The van der Waals surface area contributed by atoms with E-state index < -0.39 is 0 Å². The number of ether oxygens (including phenoxy) is 1. The number of rotatable bonds is 7. The van der Waals surface area contributed by atoms with Crippen LogP contribution in [-0.4, -0.2) is 18.6 Å². The monoisotopic (exact) mass is 317 g/mol. The van der Waals surface area contributed by atoms with Crippen molar-refractivity contribution in [2.24, 2.45) is 0 Å². The summed E-state index contributed by atoms with van der Waals surface area (Å²) >= 11 is 0. The van der Waals surface area contributed by atoms with E-state index in [-0.39, 0.29) is 5.91 Å². The quantitative estimate of drug-likeness (QED) is 0.739. The molecule has 2 rings (SSSR count). The predicted octanol–water partition coefficient (Wildman–Crippen LogP) is 4.73. The molecule has 0 saturated heterocycles. The van der Waals surface area contributed by atoms with E-state index in [0.717, 1.165) is 25.0 Å². The van der Waals surface area contributed by atoms with Gasteiger partial charge in [-0.2, -0.15) is 0 Å². The van der Waals surface area contributed by atoms with Crippen molar-refractivity contribution in [1.82, 2.24) is 5.32 Å². The Kier molecular flexibility index (Phi) is 6.94. The van der Waals surface area contributed by atoms with Gasteiger partial charge in [0.15, 0.2) is 0 Å². The van der Waals surface area contributed by atoms with Crippen molar-refractivity contribution in [3.63, 3.8) is 0 Å². The van der Waals surface area contributed by atoms with Crippen LogP contribution in [0, 0.1) is 6.92 Å². The van der Waals surface area contributed by atoms with Gasteiger partial charge in [0.2, 0.25) is 5.91 Å². The van der Waals surface area contributed by atoms with Gasteiger partial charge >= 0.3 is 0 Å². The van der Waals surface area contributed by atoms with Crippen LogP contribution >= 0.6 is 0 Å². The van der Waals surface area contributed by atoms with Gasteiger partial charge in [0.1, 0.15) is 5.75 Å². The van der Waals surface area contributed by atoms with E-state index in [1.165, 1.54) is 30.4 Å². The van der Waals surface area contributed by atoms with E-state index in [0.29, 0.717) is 25.0 Å². The highest BCUT2D eigenvalue weighted by atomic mass is 16.5. The van der Waals surface area contributed by atoms with Gasteiger partial charge in [0.05, 0.1) is 6.61 Å². The molecule has 0 radical (unpaired) electrons. The Bertz CT molecular complexity index is 504. The van der Waals surface area contributed by atoms with E-state index in [1.54, 1.807) is 0 Å². The zero-order valence-corrected chi connectivity index (χ0v) is 14.9. The molecule has 3 heteroatoms. The molecule has 0 bridgehead atoms. The molecule has 0 aliphatic heterocycles. The highest BCUT2D eigenvalue weighted by Crippen LogP contribution is 2.23. The average molecular weight is 317 g/mol. The van der Waals surface area contributed by atoms with Gasteiger partial charge < -0.3 is 10.1 Å². The van der Waals surface area contributed by atoms with Gasteiger partial charge in [-0.1, -0.05) is 39.2 Å². The first-order valence-electron chi connectivity index (χ1n) is 9.09. The van der Waals surface area contributed by atoms with E-state index in [4.69, 9.17) is 4.74 Å². The van der Waals surface area contributed by atoms with Crippen LogP contribution in [0.1, 0.15) is 75.8 Å². The predicted molar refractivity (Wildman–Crippen MR) is 95.0 cm³/mol. The maximum absolute atomic E-state index is 11.9. The lowest BCUT2D eigenvalue weighted by molar-refractivity contribution is -0.122. The minimum absolute atomic E-state index is 0.173. The van der Waals surface area contributed by atoms with Gasteiger partial charge in [-0.25, -0.2) is 0 Å². The number of benzene rings is 1. The molecule has 1 saturated carbocycles. The number of carbonyl (C=O) groups is 1. The summed E-state index contributed by atoms with van der Waals surface area (Å²) < 4.78 is 5.78. The van der Waals surface area contributed by atoms with E-state index in [1.807, 2.05) is 6.07 Å². The second-order valence-electron chi connectivity index (χ2n) is 7.03. The van der Waals surface area contributed by atoms with Crippen molar-refractivity contribution in [3.8, 4) is 5.75 Å². The lowest BCUT2D eigenvalue weighted by Gasteiger charge is -2.22. The Hall–Kier alpha value is -1.51. The van der Waals surface area contributed by atoms with Crippen LogP contribution in [0.15, 0.2) is 18.2 Å². The highest BCUT2D eigenvalue weighted by molar-refractivity contribution is 5.76. The molecule has 23 heavy (non-hydrogen) atoms. The molecule has 1 aliphatic carbocycles. The number of hydrogen-bond donors (Lipinski definition) is 1. The zero-order valence-electron chi connectivity index (χ0n) is 14.9. The first-order valence-corrected chi connectivity index (χ1v) is 9.09. The molecule has 1 aliphatic rings. The van der Waals surface area contributed by atoms with Crippen LogP contribution in [0.3, 0.4) is 0 Å². The van der Waals surface area contributed by atoms with Gasteiger partial charge in [-0.05, 0) is 55.4 Å². The minimum Gasteiger partial charge on any atom is -0.494 e. The molecule has 128 valence electrons. The molecule has 1 aromatic rings. The van der Waals surface area contributed by atoms with E-state index >= 15 is 0 Å². The number of aryl methyl sites for hydroxylation is 1. The van der Waals surface area contributed by atoms with Gasteiger partial charge in [0.25, 0.3) is 0 Å². The summed E-state index contributed by atoms with van der Waals surface area (Å²) in [4.78, 5) is 11.9. The first-order chi connectivity index (χ1) is 11.1. The SMILES string of the molecule is Cc1cc(OCCCC(=O)NC2CCCCC2)ccc1C(C)C. The molecule has 1 aromatic carbocycles. The second-order valence-corrected chi connectivity index (χ2v) is 7.03. The molecule has 1 fully saturated rings. The molecule has 1 N–H and O–H groups in total. The zero-order chi connectivity index (χ0) is 16.7. The van der Waals surface area contributed by atoms with Crippen LogP contribution < -0.4 is 10.1 Å². The Morgan fingerprint density at radius 3 is 2.65 bits per heavy atom. The van der Waals surface area contributed by atoms with Crippen LogP contribution in [0.25, 0.3) is 0 Å². The van der Waals surface area contributed by atoms with Crippen LogP contribution in [0.4, 0.5) is 0 Å². The summed E-state index contributed by atoms with van der Waals surface area (Å²) in [5.74, 6) is 1.61. The maximum atomic E-state index is 11.9. The van der Waals surface area contributed by atoms with Crippen molar-refractivity contribution in [2.75, 3.05) is 6.61 Å². The summed E-state index contributed by atoms with van der Waals surface area (Å²) in [6.45, 7) is 7.12. The normalized spacial score (nSPS) is 15.7. The smallest absolute Gasteiger partial charge is 0.220 e. The van der Waals surface area contributed by atoms with Gasteiger partial charge in [-0.3, -0.25) is 4.79 Å². The number of amides is 1. The second kappa shape index (κ2) is 8.95. The number of carbonyl (C=O) groups excluding carboxylic acids is 1. The third-order valence-corrected chi connectivity index (χ3v) is 4.65. The number of nitrogens with one attached hydrogen (secondary N) is 1. The molecule has 0 unspecified atom stereocenters. The molecule has 0 spiro atoms. The van der Waals surface area contributed by atoms with Crippen LogP contribution in [0.5, 0.6) is 5.75 Å². The third-order valence-electron chi connectivity index (χ3n) is 4.65. The fraction of sp³-hybridized carbons (Fsp3) is 0.650. The summed E-state index contributed by atoms with van der Waals surface area (Å²) in [5.41, 5.74) is 2.64. The van der Waals surface area contributed by atoms with E-state index in [2.05, 4.69) is 38.2 Å². The van der Waals surface area contributed by atoms with Crippen molar-refractivity contribution >= 4 is 5.91 Å². The molecule has 1 amide bonds. The molecular formula is C20H31NO2. The lowest BCUT2D eigenvalue weighted by atomic mass is 9.95. The first kappa shape index (κ1) is 17.8. The Morgan fingerprint density at radius 2 is 2.00 bits per heavy atom. The Balaban J connectivity index is 1.66. The van der Waals surface area contributed by atoms with Gasteiger partial charge in [0, 0.05) is 12.5 Å². The van der Waals surface area contributed by atoms with Gasteiger partial charge in [-0.15, -0.1) is 0 Å². The van der Waals surface area contributed by atoms with Crippen LogP contribution in [0.2, 0.25) is 0 Å². The summed E-state index contributed by atoms with van der Waals surface area (Å²) in [6, 6.07) is 6.68.